The number of Topliss-reactive ketones (excluding diaryl/α,β-unsaturated/α-hetero) is 1. The van der Waals surface area contributed by atoms with Gasteiger partial charge in [0.2, 0.25) is 0 Å². The Morgan fingerprint density at radius 3 is 2.79 bits per heavy atom. The average molecular weight is 260 g/mol. The smallest absolute Gasteiger partial charge is 0.178 e. The van der Waals surface area contributed by atoms with Gasteiger partial charge in [0, 0.05) is 30.2 Å². The molecule has 0 bridgehead atoms. The second kappa shape index (κ2) is 5.45. The lowest BCUT2D eigenvalue weighted by atomic mass is 10.1. The number of nitrogens with zero attached hydrogens (tertiary/aromatic N) is 1. The van der Waals surface area contributed by atoms with E-state index in [2.05, 4.69) is 5.32 Å². The molecule has 2 rings (SSSR count). The number of carbonyl (C=O) groups excluding carboxylic acids is 1. The Labute approximate surface area is 113 Å². The van der Waals surface area contributed by atoms with Gasteiger partial charge in [0.25, 0.3) is 0 Å². The van der Waals surface area contributed by atoms with Crippen molar-refractivity contribution < 1.29 is 9.53 Å². The van der Waals surface area contributed by atoms with Gasteiger partial charge >= 0.3 is 0 Å². The fourth-order valence-corrected chi connectivity index (χ4v) is 2.21. The lowest BCUT2D eigenvalue weighted by molar-refractivity contribution is 0.0990. The fourth-order valence-electron chi connectivity index (χ4n) is 2.21. The number of ketones is 1. The van der Waals surface area contributed by atoms with Crippen LogP contribution < -0.4 is 10.1 Å². The quantitative estimate of drug-likeness (QED) is 0.839. The number of benzene rings is 1. The fraction of sp³-hybridized carbons (Fsp3) is 0.400. The van der Waals surface area contributed by atoms with E-state index in [4.69, 9.17) is 4.74 Å². The maximum Gasteiger partial charge on any atom is 0.178 e. The normalized spacial score (nSPS) is 11.2. The third-order valence-electron chi connectivity index (χ3n) is 3.16. The van der Waals surface area contributed by atoms with Crippen LogP contribution in [-0.2, 0) is 7.05 Å². The topological polar surface area (TPSA) is 43.3 Å². The molecule has 0 fully saturated rings. The van der Waals surface area contributed by atoms with Gasteiger partial charge in [0.05, 0.1) is 19.2 Å². The zero-order chi connectivity index (χ0) is 14.0. The van der Waals surface area contributed by atoms with Gasteiger partial charge in [-0.3, -0.25) is 4.79 Å². The van der Waals surface area contributed by atoms with E-state index in [1.807, 2.05) is 49.9 Å². The van der Waals surface area contributed by atoms with E-state index in [0.717, 1.165) is 22.2 Å². The third-order valence-corrected chi connectivity index (χ3v) is 3.16. The molecule has 0 aliphatic carbocycles. The minimum absolute atomic E-state index is 0.104. The number of fused-ring (bicyclic) bond motifs is 1. The summed E-state index contributed by atoms with van der Waals surface area (Å²) in [4.78, 5) is 12.3. The van der Waals surface area contributed by atoms with Crippen molar-refractivity contribution in [3.05, 3.63) is 30.0 Å². The van der Waals surface area contributed by atoms with Crippen molar-refractivity contribution in [3.8, 4) is 5.75 Å². The first-order valence-electron chi connectivity index (χ1n) is 6.43. The molecule has 0 radical (unpaired) electrons. The number of ether oxygens (including phenoxy) is 1. The monoisotopic (exact) mass is 260 g/mol. The molecule has 2 aromatic rings. The van der Waals surface area contributed by atoms with Crippen molar-refractivity contribution in [1.29, 1.82) is 0 Å². The first-order chi connectivity index (χ1) is 9.04. The highest BCUT2D eigenvalue weighted by Crippen LogP contribution is 2.29. The molecule has 19 heavy (non-hydrogen) atoms. The molecule has 1 aromatic heterocycles. The van der Waals surface area contributed by atoms with E-state index in [1.165, 1.54) is 0 Å². The van der Waals surface area contributed by atoms with E-state index >= 15 is 0 Å². The summed E-state index contributed by atoms with van der Waals surface area (Å²) in [6, 6.07) is 6.07. The zero-order valence-electron chi connectivity index (χ0n) is 11.9. The standard InChI is InChI=1S/C15H20N2O2/c1-10(2)16-8-13(18)12-9-17(3)15-11(12)6-5-7-14(15)19-4/h5-7,9-10,16H,8H2,1-4H3. The Morgan fingerprint density at radius 2 is 2.16 bits per heavy atom. The SMILES string of the molecule is COc1cccc2c(C(=O)CNC(C)C)cn(C)c12. The highest BCUT2D eigenvalue weighted by molar-refractivity contribution is 6.10. The molecule has 0 saturated heterocycles. The van der Waals surface area contributed by atoms with Crippen molar-refractivity contribution in [2.45, 2.75) is 19.9 Å². The van der Waals surface area contributed by atoms with Crippen LogP contribution in [0.25, 0.3) is 10.9 Å². The summed E-state index contributed by atoms with van der Waals surface area (Å²) in [5.74, 6) is 0.892. The van der Waals surface area contributed by atoms with Crippen LogP contribution >= 0.6 is 0 Å². The molecule has 0 aliphatic heterocycles. The molecule has 102 valence electrons. The second-order valence-corrected chi connectivity index (χ2v) is 4.97. The van der Waals surface area contributed by atoms with E-state index in [1.54, 1.807) is 7.11 Å². The summed E-state index contributed by atoms with van der Waals surface area (Å²) >= 11 is 0. The molecule has 0 aliphatic rings. The van der Waals surface area contributed by atoms with E-state index in [-0.39, 0.29) is 5.78 Å². The Kier molecular flexibility index (Phi) is 3.90. The summed E-state index contributed by atoms with van der Waals surface area (Å²) in [5, 5.41) is 4.10. The van der Waals surface area contributed by atoms with Crippen LogP contribution in [0.15, 0.2) is 24.4 Å². The molecule has 0 spiro atoms. The highest BCUT2D eigenvalue weighted by Gasteiger charge is 2.16. The molecular weight excluding hydrogens is 240 g/mol. The average Bonchev–Trinajstić information content (AvgIpc) is 2.73. The van der Waals surface area contributed by atoms with Crippen LogP contribution in [0.1, 0.15) is 24.2 Å². The predicted octanol–water partition coefficient (Wildman–Crippen LogP) is 2.37. The van der Waals surface area contributed by atoms with Gasteiger partial charge in [0.1, 0.15) is 5.75 Å². The van der Waals surface area contributed by atoms with Crippen LogP contribution in [-0.4, -0.2) is 30.0 Å². The largest absolute Gasteiger partial charge is 0.495 e. The molecule has 0 unspecified atom stereocenters. The van der Waals surface area contributed by atoms with Gasteiger partial charge in [-0.2, -0.15) is 0 Å². The van der Waals surface area contributed by atoms with Gasteiger partial charge in [0.15, 0.2) is 5.78 Å². The summed E-state index contributed by atoms with van der Waals surface area (Å²) in [6.07, 6.45) is 1.87. The number of aromatic nitrogens is 1. The minimum Gasteiger partial charge on any atom is -0.495 e. The van der Waals surface area contributed by atoms with Crippen LogP contribution in [0, 0.1) is 0 Å². The number of nitrogens with one attached hydrogen (secondary N) is 1. The van der Waals surface area contributed by atoms with Crippen LogP contribution in [0.3, 0.4) is 0 Å². The molecule has 4 heteroatoms. The van der Waals surface area contributed by atoms with Crippen molar-refractivity contribution in [2.75, 3.05) is 13.7 Å². The second-order valence-electron chi connectivity index (χ2n) is 4.97. The number of para-hydroxylation sites is 1. The maximum absolute atomic E-state index is 12.3. The van der Waals surface area contributed by atoms with E-state index in [0.29, 0.717) is 12.6 Å². The highest BCUT2D eigenvalue weighted by atomic mass is 16.5. The molecule has 4 nitrogen and oxygen atoms in total. The number of aryl methyl sites for hydroxylation is 1. The number of carbonyl (C=O) groups is 1. The Morgan fingerprint density at radius 1 is 1.42 bits per heavy atom. The lowest BCUT2D eigenvalue weighted by Crippen LogP contribution is -2.29. The van der Waals surface area contributed by atoms with Gasteiger partial charge < -0.3 is 14.6 Å². The third kappa shape index (κ3) is 2.63. The molecule has 0 saturated carbocycles. The number of methoxy groups -OCH3 is 1. The summed E-state index contributed by atoms with van der Waals surface area (Å²) in [7, 11) is 3.57. The lowest BCUT2D eigenvalue weighted by Gasteiger charge is -2.06. The number of hydrogen-bond acceptors (Lipinski definition) is 3. The number of hydrogen-bond donors (Lipinski definition) is 1. The van der Waals surface area contributed by atoms with Gasteiger partial charge in [-0.1, -0.05) is 26.0 Å². The van der Waals surface area contributed by atoms with Gasteiger partial charge in [-0.25, -0.2) is 0 Å². The summed E-state index contributed by atoms with van der Waals surface area (Å²) < 4.78 is 7.29. The number of rotatable bonds is 5. The first kappa shape index (κ1) is 13.6. The molecular formula is C15H20N2O2. The Balaban J connectivity index is 2.42. The summed E-state index contributed by atoms with van der Waals surface area (Å²) in [5.41, 5.74) is 1.70. The first-order valence-corrected chi connectivity index (χ1v) is 6.43. The summed E-state index contributed by atoms with van der Waals surface area (Å²) in [6.45, 7) is 4.41. The Hall–Kier alpha value is -1.81. The van der Waals surface area contributed by atoms with Gasteiger partial charge in [-0.05, 0) is 6.07 Å². The van der Waals surface area contributed by atoms with Crippen molar-refractivity contribution in [1.82, 2.24) is 9.88 Å². The van der Waals surface area contributed by atoms with E-state index in [9.17, 15) is 4.79 Å². The molecule has 1 heterocycles. The maximum atomic E-state index is 12.3. The van der Waals surface area contributed by atoms with Crippen LogP contribution in [0.5, 0.6) is 5.75 Å². The van der Waals surface area contributed by atoms with Crippen molar-refractivity contribution >= 4 is 16.7 Å². The zero-order valence-corrected chi connectivity index (χ0v) is 11.9. The van der Waals surface area contributed by atoms with E-state index < -0.39 is 0 Å². The minimum atomic E-state index is 0.104. The predicted molar refractivity (Wildman–Crippen MR) is 76.9 cm³/mol. The van der Waals surface area contributed by atoms with Crippen LogP contribution in [0.4, 0.5) is 0 Å². The molecule has 0 amide bonds. The van der Waals surface area contributed by atoms with Crippen LogP contribution in [0.2, 0.25) is 0 Å². The molecule has 1 N–H and O–H groups in total. The van der Waals surface area contributed by atoms with Crippen molar-refractivity contribution in [2.24, 2.45) is 7.05 Å². The van der Waals surface area contributed by atoms with Gasteiger partial charge in [-0.15, -0.1) is 0 Å². The molecule has 1 aromatic carbocycles. The Bertz CT molecular complexity index is 599. The molecule has 0 atom stereocenters. The van der Waals surface area contributed by atoms with Crippen molar-refractivity contribution in [3.63, 3.8) is 0 Å².